The van der Waals surface area contributed by atoms with Crippen molar-refractivity contribution in [2.75, 3.05) is 72.9 Å². The summed E-state index contributed by atoms with van der Waals surface area (Å²) >= 11 is 0. The van der Waals surface area contributed by atoms with Gasteiger partial charge in [-0.2, -0.15) is 0 Å². The molecule has 0 amide bonds. The van der Waals surface area contributed by atoms with E-state index >= 15 is 0 Å². The highest BCUT2D eigenvalue weighted by atomic mass is 16.5. The van der Waals surface area contributed by atoms with E-state index in [0.29, 0.717) is 18.0 Å². The molecule has 2 saturated heterocycles. The van der Waals surface area contributed by atoms with E-state index in [1.54, 1.807) is 7.11 Å². The fraction of sp³-hybridized carbons (Fsp3) is 0.700. The lowest BCUT2D eigenvalue weighted by Crippen LogP contribution is -2.37. The number of methoxy groups -OCH3 is 1. The molecule has 1 atom stereocenters. The molecule has 2 aliphatic heterocycles. The van der Waals surface area contributed by atoms with Crippen LogP contribution in [0.2, 0.25) is 0 Å². The monoisotopic (exact) mass is 380 g/mol. The number of rotatable bonds is 8. The van der Waals surface area contributed by atoms with Crippen molar-refractivity contribution in [1.82, 2.24) is 9.80 Å². The van der Waals surface area contributed by atoms with Gasteiger partial charge in [-0.05, 0) is 24.1 Å². The third-order valence-corrected chi connectivity index (χ3v) is 4.95. The van der Waals surface area contributed by atoms with Crippen molar-refractivity contribution < 1.29 is 24.1 Å². The Morgan fingerprint density at radius 2 is 1.74 bits per heavy atom. The molecule has 7 nitrogen and oxygen atoms in total. The Labute approximate surface area is 161 Å². The van der Waals surface area contributed by atoms with Gasteiger partial charge in [-0.25, -0.2) is 0 Å². The molecule has 27 heavy (non-hydrogen) atoms. The highest BCUT2D eigenvalue weighted by molar-refractivity contribution is 5.43. The average Bonchev–Trinajstić information content (AvgIpc) is 2.96. The zero-order valence-corrected chi connectivity index (χ0v) is 16.3. The van der Waals surface area contributed by atoms with Crippen molar-refractivity contribution in [2.45, 2.75) is 19.1 Å². The van der Waals surface area contributed by atoms with Crippen molar-refractivity contribution in [3.05, 3.63) is 23.8 Å². The molecule has 1 aromatic carbocycles. The second-order valence-corrected chi connectivity index (χ2v) is 7.11. The van der Waals surface area contributed by atoms with E-state index in [1.807, 2.05) is 12.1 Å². The van der Waals surface area contributed by atoms with Gasteiger partial charge in [-0.15, -0.1) is 0 Å². The first-order valence-electron chi connectivity index (χ1n) is 9.82. The minimum Gasteiger partial charge on any atom is -0.493 e. The van der Waals surface area contributed by atoms with Crippen LogP contribution in [0.15, 0.2) is 18.2 Å². The van der Waals surface area contributed by atoms with E-state index < -0.39 is 6.10 Å². The molecule has 2 heterocycles. The van der Waals surface area contributed by atoms with Crippen LogP contribution in [0, 0.1) is 0 Å². The Bertz CT molecular complexity index is 557. The minimum atomic E-state index is -0.546. The molecular weight excluding hydrogens is 348 g/mol. The van der Waals surface area contributed by atoms with Crippen molar-refractivity contribution in [2.24, 2.45) is 0 Å². The lowest BCUT2D eigenvalue weighted by molar-refractivity contribution is 0.0341. The molecule has 0 saturated carbocycles. The number of hydrogen-bond acceptors (Lipinski definition) is 7. The van der Waals surface area contributed by atoms with Crippen LogP contribution in [-0.4, -0.2) is 93.9 Å². The molecule has 0 aliphatic carbocycles. The van der Waals surface area contributed by atoms with Gasteiger partial charge in [-0.3, -0.25) is 9.80 Å². The number of ether oxygens (including phenoxy) is 4. The lowest BCUT2D eigenvalue weighted by atomic mass is 10.2. The smallest absolute Gasteiger partial charge is 0.161 e. The van der Waals surface area contributed by atoms with Crippen LogP contribution < -0.4 is 9.47 Å². The fourth-order valence-electron chi connectivity index (χ4n) is 3.47. The molecule has 1 unspecified atom stereocenters. The predicted molar refractivity (Wildman–Crippen MR) is 102 cm³/mol. The summed E-state index contributed by atoms with van der Waals surface area (Å²) in [6.07, 6.45) is 0.459. The average molecular weight is 380 g/mol. The molecule has 0 bridgehead atoms. The molecule has 3 rings (SSSR count). The number of aliphatic hydroxyl groups excluding tert-OH is 1. The van der Waals surface area contributed by atoms with Gasteiger partial charge in [0.25, 0.3) is 0 Å². The summed E-state index contributed by atoms with van der Waals surface area (Å²) in [6.45, 7) is 8.50. The normalized spacial score (nSPS) is 20.8. The first kappa shape index (κ1) is 20.4. The van der Waals surface area contributed by atoms with Gasteiger partial charge in [0.05, 0.1) is 26.9 Å². The fourth-order valence-corrected chi connectivity index (χ4v) is 3.47. The molecule has 0 radical (unpaired) electrons. The van der Waals surface area contributed by atoms with Gasteiger partial charge in [0.1, 0.15) is 12.7 Å². The zero-order valence-electron chi connectivity index (χ0n) is 16.3. The van der Waals surface area contributed by atoms with Gasteiger partial charge in [0.2, 0.25) is 0 Å². The van der Waals surface area contributed by atoms with Crippen molar-refractivity contribution in [3.63, 3.8) is 0 Å². The number of hydrogen-bond donors (Lipinski definition) is 1. The highest BCUT2D eigenvalue weighted by Gasteiger charge is 2.16. The van der Waals surface area contributed by atoms with Crippen molar-refractivity contribution in [1.29, 1.82) is 0 Å². The molecule has 0 spiro atoms. The largest absolute Gasteiger partial charge is 0.493 e. The molecule has 2 aliphatic rings. The number of morpholine rings is 1. The van der Waals surface area contributed by atoms with Crippen LogP contribution in [0.1, 0.15) is 12.0 Å². The second kappa shape index (κ2) is 10.8. The van der Waals surface area contributed by atoms with E-state index in [-0.39, 0.29) is 6.61 Å². The maximum absolute atomic E-state index is 10.4. The minimum absolute atomic E-state index is 0.245. The third kappa shape index (κ3) is 6.62. The standard InChI is InChI=1S/C20H32N2O5/c1-24-19-4-3-17(14-22-7-11-26-12-8-22)13-20(19)27-16-18(23)15-21-5-2-9-25-10-6-21/h3-4,13,18,23H,2,5-12,14-16H2,1H3. The molecule has 2 fully saturated rings. The Kier molecular flexibility index (Phi) is 8.16. The Hall–Kier alpha value is -1.38. The summed E-state index contributed by atoms with van der Waals surface area (Å²) in [4.78, 5) is 4.60. The van der Waals surface area contributed by atoms with Gasteiger partial charge >= 0.3 is 0 Å². The van der Waals surface area contributed by atoms with Gasteiger partial charge in [0, 0.05) is 45.9 Å². The zero-order chi connectivity index (χ0) is 18.9. The van der Waals surface area contributed by atoms with Gasteiger partial charge < -0.3 is 24.1 Å². The van der Waals surface area contributed by atoms with E-state index in [9.17, 15) is 5.11 Å². The van der Waals surface area contributed by atoms with Crippen LogP contribution in [0.25, 0.3) is 0 Å². The van der Waals surface area contributed by atoms with Crippen molar-refractivity contribution in [3.8, 4) is 11.5 Å². The SMILES string of the molecule is COc1ccc(CN2CCOCC2)cc1OCC(O)CN1CCCOCC1. The lowest BCUT2D eigenvalue weighted by Gasteiger charge is -2.27. The van der Waals surface area contributed by atoms with Gasteiger partial charge in [-0.1, -0.05) is 6.07 Å². The molecular formula is C20H32N2O5. The molecule has 1 aromatic rings. The van der Waals surface area contributed by atoms with E-state index in [2.05, 4.69) is 15.9 Å². The van der Waals surface area contributed by atoms with Crippen LogP contribution >= 0.6 is 0 Å². The van der Waals surface area contributed by atoms with Crippen molar-refractivity contribution >= 4 is 0 Å². The summed E-state index contributed by atoms with van der Waals surface area (Å²) in [5.74, 6) is 1.37. The molecule has 7 heteroatoms. The van der Waals surface area contributed by atoms with E-state index in [0.717, 1.165) is 65.6 Å². The number of benzene rings is 1. The molecule has 152 valence electrons. The topological polar surface area (TPSA) is 63.6 Å². The van der Waals surface area contributed by atoms with Gasteiger partial charge in [0.15, 0.2) is 11.5 Å². The Morgan fingerprint density at radius 3 is 2.52 bits per heavy atom. The number of β-amino-alcohol motifs (C(OH)–C–C–N with tert-alkyl or cyclic N) is 1. The van der Waals surface area contributed by atoms with Crippen LogP contribution in [0.3, 0.4) is 0 Å². The molecule has 0 aromatic heterocycles. The van der Waals surface area contributed by atoms with E-state index in [4.69, 9.17) is 18.9 Å². The third-order valence-electron chi connectivity index (χ3n) is 4.95. The second-order valence-electron chi connectivity index (χ2n) is 7.11. The molecule has 1 N–H and O–H groups in total. The van der Waals surface area contributed by atoms with Crippen LogP contribution in [0.4, 0.5) is 0 Å². The van der Waals surface area contributed by atoms with Crippen LogP contribution in [-0.2, 0) is 16.0 Å². The van der Waals surface area contributed by atoms with Crippen LogP contribution in [0.5, 0.6) is 11.5 Å². The Morgan fingerprint density at radius 1 is 1.00 bits per heavy atom. The maximum Gasteiger partial charge on any atom is 0.161 e. The summed E-state index contributed by atoms with van der Waals surface area (Å²) in [6, 6.07) is 6.01. The Balaban J connectivity index is 1.53. The summed E-state index contributed by atoms with van der Waals surface area (Å²) < 4.78 is 22.2. The highest BCUT2D eigenvalue weighted by Crippen LogP contribution is 2.29. The quantitative estimate of drug-likeness (QED) is 0.722. The number of nitrogens with zero attached hydrogens (tertiary/aromatic N) is 2. The summed E-state index contributed by atoms with van der Waals surface area (Å²) in [5, 5.41) is 10.4. The van der Waals surface area contributed by atoms with E-state index in [1.165, 1.54) is 5.56 Å². The first-order valence-corrected chi connectivity index (χ1v) is 9.82. The number of aliphatic hydroxyl groups is 1. The summed E-state index contributed by atoms with van der Waals surface area (Å²) in [5.41, 5.74) is 1.17. The predicted octanol–water partition coefficient (Wildman–Crippen LogP) is 0.989. The first-order chi connectivity index (χ1) is 13.2. The maximum atomic E-state index is 10.4. The summed E-state index contributed by atoms with van der Waals surface area (Å²) in [7, 11) is 1.64.